The molecular formula is C20H21FN4O3. The van der Waals surface area contributed by atoms with Crippen LogP contribution in [0.15, 0.2) is 41.2 Å². The van der Waals surface area contributed by atoms with E-state index in [2.05, 4.69) is 10.2 Å². The predicted octanol–water partition coefficient (Wildman–Crippen LogP) is 2.10. The summed E-state index contributed by atoms with van der Waals surface area (Å²) in [5, 5.41) is 2.89. The van der Waals surface area contributed by atoms with E-state index in [-0.39, 0.29) is 11.3 Å². The topological polar surface area (TPSA) is 68.5 Å². The van der Waals surface area contributed by atoms with Gasteiger partial charge in [-0.2, -0.15) is 0 Å². The number of benzene rings is 2. The van der Waals surface area contributed by atoms with Gasteiger partial charge in [0, 0.05) is 32.7 Å². The van der Waals surface area contributed by atoms with E-state index in [0.717, 1.165) is 11.2 Å². The van der Waals surface area contributed by atoms with Crippen molar-refractivity contribution in [1.29, 1.82) is 0 Å². The van der Waals surface area contributed by atoms with Gasteiger partial charge in [-0.05, 0) is 30.3 Å². The largest absolute Gasteiger partial charge is 0.378 e. The number of hydrogen-bond acceptors (Lipinski definition) is 4. The molecular weight excluding hydrogens is 363 g/mol. The third kappa shape index (κ3) is 3.16. The van der Waals surface area contributed by atoms with Crippen LogP contribution in [-0.2, 0) is 18.8 Å². The summed E-state index contributed by atoms with van der Waals surface area (Å²) in [7, 11) is 3.41. The lowest BCUT2D eigenvalue weighted by atomic mass is 10.1. The van der Waals surface area contributed by atoms with E-state index in [1.807, 2.05) is 6.07 Å². The number of aromatic nitrogens is 2. The molecule has 2 aromatic carbocycles. The zero-order valence-electron chi connectivity index (χ0n) is 15.7. The third-order valence-corrected chi connectivity index (χ3v) is 5.08. The van der Waals surface area contributed by atoms with Crippen LogP contribution in [-0.4, -0.2) is 41.3 Å². The van der Waals surface area contributed by atoms with E-state index in [4.69, 9.17) is 4.74 Å². The van der Waals surface area contributed by atoms with Crippen LogP contribution in [0.25, 0.3) is 11.0 Å². The molecule has 4 rings (SSSR count). The molecule has 0 aliphatic carbocycles. The van der Waals surface area contributed by atoms with E-state index >= 15 is 0 Å². The van der Waals surface area contributed by atoms with Gasteiger partial charge in [-0.25, -0.2) is 9.18 Å². The van der Waals surface area contributed by atoms with Crippen LogP contribution in [0.3, 0.4) is 0 Å². The quantitative estimate of drug-likeness (QED) is 0.751. The highest BCUT2D eigenvalue weighted by Crippen LogP contribution is 2.32. The Hall–Kier alpha value is -3.13. The molecule has 1 aliphatic heterocycles. The van der Waals surface area contributed by atoms with E-state index in [9.17, 15) is 14.0 Å². The number of hydrogen-bond donors (Lipinski definition) is 1. The van der Waals surface area contributed by atoms with Crippen LogP contribution in [0.2, 0.25) is 0 Å². The maximum atomic E-state index is 13.5. The summed E-state index contributed by atoms with van der Waals surface area (Å²) in [4.78, 5) is 27.1. The van der Waals surface area contributed by atoms with E-state index in [0.29, 0.717) is 37.5 Å². The van der Waals surface area contributed by atoms with Gasteiger partial charge in [0.05, 0.1) is 35.6 Å². The lowest BCUT2D eigenvalue weighted by molar-refractivity contribution is 0.102. The summed E-state index contributed by atoms with van der Waals surface area (Å²) in [6, 6.07) is 9.24. The summed E-state index contributed by atoms with van der Waals surface area (Å²) in [6.07, 6.45) is 0. The maximum absolute atomic E-state index is 13.5. The first-order chi connectivity index (χ1) is 13.5. The highest BCUT2D eigenvalue weighted by atomic mass is 19.1. The second-order valence-corrected chi connectivity index (χ2v) is 6.82. The van der Waals surface area contributed by atoms with Gasteiger partial charge in [0.15, 0.2) is 0 Å². The third-order valence-electron chi connectivity index (χ3n) is 5.08. The van der Waals surface area contributed by atoms with Crippen molar-refractivity contribution in [2.45, 2.75) is 0 Å². The number of morpholine rings is 1. The lowest BCUT2D eigenvalue weighted by Gasteiger charge is -2.30. The fraction of sp³-hybridized carbons (Fsp3) is 0.300. The first-order valence-electron chi connectivity index (χ1n) is 9.05. The van der Waals surface area contributed by atoms with Crippen LogP contribution < -0.4 is 15.9 Å². The minimum Gasteiger partial charge on any atom is -0.378 e. The number of halogens is 1. The molecule has 1 aliphatic rings. The summed E-state index contributed by atoms with van der Waals surface area (Å²) < 4.78 is 22.0. The molecule has 1 saturated heterocycles. The summed E-state index contributed by atoms with van der Waals surface area (Å²) in [5.41, 5.74) is 2.95. The van der Waals surface area contributed by atoms with Gasteiger partial charge in [-0.3, -0.25) is 13.9 Å². The van der Waals surface area contributed by atoms with Crippen molar-refractivity contribution in [2.24, 2.45) is 14.1 Å². The highest BCUT2D eigenvalue weighted by molar-refractivity contribution is 6.07. The number of fused-ring (bicyclic) bond motifs is 1. The van der Waals surface area contributed by atoms with Crippen LogP contribution in [0.1, 0.15) is 10.4 Å². The van der Waals surface area contributed by atoms with E-state index < -0.39 is 11.7 Å². The molecule has 0 spiro atoms. The molecule has 2 heterocycles. The second kappa shape index (κ2) is 7.12. The minimum atomic E-state index is -0.470. The Labute approximate surface area is 160 Å². The Morgan fingerprint density at radius 2 is 1.75 bits per heavy atom. The molecule has 1 fully saturated rings. The Morgan fingerprint density at radius 3 is 2.43 bits per heavy atom. The number of aryl methyl sites for hydroxylation is 2. The number of anilines is 2. The van der Waals surface area contributed by atoms with Gasteiger partial charge in [-0.15, -0.1) is 0 Å². The summed E-state index contributed by atoms with van der Waals surface area (Å²) in [6.45, 7) is 2.52. The first kappa shape index (κ1) is 18.2. The predicted molar refractivity (Wildman–Crippen MR) is 106 cm³/mol. The monoisotopic (exact) mass is 384 g/mol. The Balaban J connectivity index is 1.81. The average Bonchev–Trinajstić information content (AvgIpc) is 2.92. The normalized spacial score (nSPS) is 14.5. The number of rotatable bonds is 3. The molecule has 1 amide bonds. The number of imidazole rings is 1. The SMILES string of the molecule is Cn1c(=O)n(C)c2cc(N3CCOCC3)c(NC(=O)c3cccc(F)c3)cc21. The van der Waals surface area contributed by atoms with Crippen LogP contribution in [0, 0.1) is 5.82 Å². The Morgan fingerprint density at radius 1 is 1.07 bits per heavy atom. The highest BCUT2D eigenvalue weighted by Gasteiger charge is 2.20. The fourth-order valence-corrected chi connectivity index (χ4v) is 3.52. The summed E-state index contributed by atoms with van der Waals surface area (Å²) >= 11 is 0. The molecule has 7 nitrogen and oxygen atoms in total. The summed E-state index contributed by atoms with van der Waals surface area (Å²) in [5.74, 6) is -0.878. The maximum Gasteiger partial charge on any atom is 0.328 e. The number of carbonyl (C=O) groups excluding carboxylic acids is 1. The molecule has 146 valence electrons. The van der Waals surface area contributed by atoms with Crippen LogP contribution >= 0.6 is 0 Å². The molecule has 3 aromatic rings. The van der Waals surface area contributed by atoms with Crippen LogP contribution in [0.5, 0.6) is 0 Å². The first-order valence-corrected chi connectivity index (χ1v) is 9.05. The van der Waals surface area contributed by atoms with Gasteiger partial charge >= 0.3 is 5.69 Å². The van der Waals surface area contributed by atoms with Gasteiger partial charge in [-0.1, -0.05) is 6.07 Å². The Bertz CT molecular complexity index is 1110. The minimum absolute atomic E-state index is 0.142. The molecule has 0 unspecified atom stereocenters. The molecule has 1 aromatic heterocycles. The van der Waals surface area contributed by atoms with Gasteiger partial charge in [0.2, 0.25) is 0 Å². The zero-order valence-corrected chi connectivity index (χ0v) is 15.7. The van der Waals surface area contributed by atoms with E-state index in [1.54, 1.807) is 30.8 Å². The molecule has 1 N–H and O–H groups in total. The van der Waals surface area contributed by atoms with Crippen molar-refractivity contribution in [2.75, 3.05) is 36.5 Å². The number of carbonyl (C=O) groups is 1. The second-order valence-electron chi connectivity index (χ2n) is 6.82. The zero-order chi connectivity index (χ0) is 19.8. The standard InChI is InChI=1S/C20H21FN4O3/c1-23-17-11-15(22-19(26)13-4-3-5-14(21)10-13)16(25-6-8-28-9-7-25)12-18(17)24(2)20(23)27/h3-5,10-12H,6-9H2,1-2H3,(H,22,26). The average molecular weight is 384 g/mol. The van der Waals surface area contributed by atoms with Gasteiger partial charge < -0.3 is 15.0 Å². The fourth-order valence-electron chi connectivity index (χ4n) is 3.52. The Kier molecular flexibility index (Phi) is 4.64. The van der Waals surface area contributed by atoms with Crippen molar-refractivity contribution in [3.8, 4) is 0 Å². The molecule has 0 saturated carbocycles. The van der Waals surface area contributed by atoms with Crippen molar-refractivity contribution in [3.05, 3.63) is 58.3 Å². The molecule has 0 radical (unpaired) electrons. The number of nitrogens with zero attached hydrogens (tertiary/aromatic N) is 3. The molecule has 0 atom stereocenters. The van der Waals surface area contributed by atoms with Crippen molar-refractivity contribution < 1.29 is 13.9 Å². The van der Waals surface area contributed by atoms with E-state index in [1.165, 1.54) is 22.8 Å². The van der Waals surface area contributed by atoms with Gasteiger partial charge in [0.25, 0.3) is 5.91 Å². The van der Waals surface area contributed by atoms with Crippen molar-refractivity contribution in [3.63, 3.8) is 0 Å². The van der Waals surface area contributed by atoms with Crippen LogP contribution in [0.4, 0.5) is 15.8 Å². The number of ether oxygens (including phenoxy) is 1. The molecule has 0 bridgehead atoms. The molecule has 8 heteroatoms. The van der Waals surface area contributed by atoms with Gasteiger partial charge in [0.1, 0.15) is 5.82 Å². The smallest absolute Gasteiger partial charge is 0.328 e. The lowest BCUT2D eigenvalue weighted by Crippen LogP contribution is -2.36. The molecule has 28 heavy (non-hydrogen) atoms. The van der Waals surface area contributed by atoms with Crippen molar-refractivity contribution >= 4 is 28.3 Å². The van der Waals surface area contributed by atoms with Crippen molar-refractivity contribution in [1.82, 2.24) is 9.13 Å². The number of amides is 1. The number of nitrogens with one attached hydrogen (secondary N) is 1.